The number of nitrogens with one attached hydrogen (secondary N) is 1. The van der Waals surface area contributed by atoms with Crippen LogP contribution in [0.2, 0.25) is 0 Å². The number of piperidine rings is 1. The molecule has 8 nitrogen and oxygen atoms in total. The lowest BCUT2D eigenvalue weighted by Gasteiger charge is -2.38. The number of halogens is 2. The second-order valence-electron chi connectivity index (χ2n) is 10.8. The van der Waals surface area contributed by atoms with Crippen molar-refractivity contribution in [1.82, 2.24) is 25.0 Å². The van der Waals surface area contributed by atoms with Gasteiger partial charge in [-0.25, -0.2) is 9.67 Å². The van der Waals surface area contributed by atoms with Gasteiger partial charge in [-0.05, 0) is 62.4 Å². The van der Waals surface area contributed by atoms with Crippen LogP contribution in [-0.4, -0.2) is 63.9 Å². The quantitative estimate of drug-likeness (QED) is 0.448. The molecule has 1 amide bonds. The Labute approximate surface area is 228 Å². The topological polar surface area (TPSA) is 75.5 Å². The first-order valence-corrected chi connectivity index (χ1v) is 14.0. The molecule has 0 spiro atoms. The van der Waals surface area contributed by atoms with E-state index in [0.717, 1.165) is 54.9 Å². The number of aryl methyl sites for hydroxylation is 1. The van der Waals surface area contributed by atoms with Crippen molar-refractivity contribution in [2.45, 2.75) is 77.1 Å². The average Bonchev–Trinajstić information content (AvgIpc) is 3.22. The fourth-order valence-corrected chi connectivity index (χ4v) is 5.79. The zero-order valence-electron chi connectivity index (χ0n) is 22.8. The highest BCUT2D eigenvalue weighted by Crippen LogP contribution is 2.25. The molecule has 0 bridgehead atoms. The van der Waals surface area contributed by atoms with Gasteiger partial charge in [0.25, 0.3) is 5.91 Å². The van der Waals surface area contributed by atoms with E-state index in [9.17, 15) is 13.6 Å². The zero-order valence-corrected chi connectivity index (χ0v) is 22.8. The highest BCUT2D eigenvalue weighted by Gasteiger charge is 2.28. The summed E-state index contributed by atoms with van der Waals surface area (Å²) in [6.07, 6.45) is 7.84. The molecule has 39 heavy (non-hydrogen) atoms. The number of pyridine rings is 1. The number of aromatic nitrogens is 3. The van der Waals surface area contributed by atoms with Gasteiger partial charge in [-0.1, -0.05) is 31.4 Å². The Morgan fingerprint density at radius 2 is 1.77 bits per heavy atom. The van der Waals surface area contributed by atoms with Gasteiger partial charge >= 0.3 is 6.61 Å². The number of hydrogen-bond acceptors (Lipinski definition) is 6. The van der Waals surface area contributed by atoms with E-state index >= 15 is 0 Å². The Morgan fingerprint density at radius 1 is 1.05 bits per heavy atom. The number of hydrogen-bond donors (Lipinski definition) is 1. The van der Waals surface area contributed by atoms with E-state index in [0.29, 0.717) is 12.2 Å². The molecule has 2 atom stereocenters. The van der Waals surface area contributed by atoms with Gasteiger partial charge in [0.2, 0.25) is 0 Å². The molecule has 2 aliphatic heterocycles. The number of carbonyl (C=O) groups is 1. The van der Waals surface area contributed by atoms with Gasteiger partial charge in [-0.2, -0.15) is 13.9 Å². The maximum Gasteiger partial charge on any atom is 0.387 e. The number of anilines is 1. The number of likely N-dealkylation sites (tertiary alicyclic amines) is 1. The third-order valence-corrected chi connectivity index (χ3v) is 7.95. The van der Waals surface area contributed by atoms with Crippen LogP contribution in [0.3, 0.4) is 0 Å². The third-order valence-electron chi connectivity index (χ3n) is 7.95. The van der Waals surface area contributed by atoms with Crippen molar-refractivity contribution in [2.75, 3.05) is 24.5 Å². The minimum atomic E-state index is -2.82. The highest BCUT2D eigenvalue weighted by molar-refractivity contribution is 6.04. The van der Waals surface area contributed by atoms with E-state index in [-0.39, 0.29) is 23.7 Å². The van der Waals surface area contributed by atoms with Gasteiger partial charge in [-0.3, -0.25) is 9.69 Å². The van der Waals surface area contributed by atoms with E-state index in [1.54, 1.807) is 16.8 Å². The Balaban J connectivity index is 1.19. The fourth-order valence-electron chi connectivity index (χ4n) is 5.79. The SMILES string of the molecule is CC1CC(NC(=O)c2nn(C)c3nc(N4CCCCCCC4)ccc23)CCN1Cc1ccc(OC(F)F)cc1. The zero-order chi connectivity index (χ0) is 27.4. The van der Waals surface area contributed by atoms with Crippen molar-refractivity contribution < 1.29 is 18.3 Å². The van der Waals surface area contributed by atoms with E-state index in [1.165, 1.54) is 32.1 Å². The standard InChI is InChI=1S/C29H38F2N6O2/c1-20-18-22(14-17-37(20)19-21-8-10-23(11-9-21)39-29(30)31)32-28(38)26-24-12-13-25(33-27(24)35(2)34-26)36-15-6-4-3-5-7-16-36/h8-13,20,22,29H,3-7,14-19H2,1-2H3,(H,32,38). The van der Waals surface area contributed by atoms with Crippen LogP contribution < -0.4 is 15.0 Å². The Kier molecular flexibility index (Phi) is 8.60. The third kappa shape index (κ3) is 6.66. The summed E-state index contributed by atoms with van der Waals surface area (Å²) in [5, 5.41) is 8.53. The van der Waals surface area contributed by atoms with Crippen LogP contribution in [0.4, 0.5) is 14.6 Å². The lowest BCUT2D eigenvalue weighted by molar-refractivity contribution is -0.0498. The first-order chi connectivity index (χ1) is 18.9. The lowest BCUT2D eigenvalue weighted by atomic mass is 9.97. The van der Waals surface area contributed by atoms with Crippen molar-refractivity contribution in [1.29, 1.82) is 0 Å². The van der Waals surface area contributed by atoms with E-state index in [4.69, 9.17) is 4.98 Å². The number of fused-ring (bicyclic) bond motifs is 1. The molecular formula is C29H38F2N6O2. The summed E-state index contributed by atoms with van der Waals surface area (Å²) in [6, 6.07) is 11.1. The molecule has 2 fully saturated rings. The second-order valence-corrected chi connectivity index (χ2v) is 10.8. The first kappa shape index (κ1) is 27.3. The van der Waals surface area contributed by atoms with Crippen LogP contribution in [-0.2, 0) is 13.6 Å². The second kappa shape index (κ2) is 12.3. The molecule has 0 aliphatic carbocycles. The normalized spacial score (nSPS) is 21.1. The molecule has 5 rings (SSSR count). The smallest absolute Gasteiger partial charge is 0.387 e. The van der Waals surface area contributed by atoms with Gasteiger partial charge < -0.3 is 15.0 Å². The summed E-state index contributed by atoms with van der Waals surface area (Å²) in [7, 11) is 1.84. The Morgan fingerprint density at radius 3 is 2.46 bits per heavy atom. The van der Waals surface area contributed by atoms with Crippen molar-refractivity contribution in [3.05, 3.63) is 47.7 Å². The number of alkyl halides is 2. The fraction of sp³-hybridized carbons (Fsp3) is 0.552. The van der Waals surface area contributed by atoms with Crippen LogP contribution in [0, 0.1) is 0 Å². The van der Waals surface area contributed by atoms with Crippen LogP contribution in [0.25, 0.3) is 11.0 Å². The molecule has 2 unspecified atom stereocenters. The molecule has 2 saturated heterocycles. The summed E-state index contributed by atoms with van der Waals surface area (Å²) in [6.45, 7) is 2.89. The predicted molar refractivity (Wildman–Crippen MR) is 147 cm³/mol. The van der Waals surface area contributed by atoms with Crippen LogP contribution in [0.1, 0.15) is 67.9 Å². The number of amides is 1. The number of carbonyl (C=O) groups excluding carboxylic acids is 1. The predicted octanol–water partition coefficient (Wildman–Crippen LogP) is 5.12. The maximum absolute atomic E-state index is 13.3. The van der Waals surface area contributed by atoms with Crippen LogP contribution >= 0.6 is 0 Å². The number of benzene rings is 1. The molecule has 3 aromatic rings. The van der Waals surface area contributed by atoms with Gasteiger partial charge in [0.15, 0.2) is 11.3 Å². The lowest BCUT2D eigenvalue weighted by Crippen LogP contribution is -2.48. The van der Waals surface area contributed by atoms with Crippen molar-refractivity contribution in [3.8, 4) is 5.75 Å². The van der Waals surface area contributed by atoms with Gasteiger partial charge in [0, 0.05) is 45.3 Å². The molecule has 210 valence electrons. The molecular weight excluding hydrogens is 502 g/mol. The highest BCUT2D eigenvalue weighted by atomic mass is 19.3. The molecule has 0 saturated carbocycles. The van der Waals surface area contributed by atoms with Crippen molar-refractivity contribution in [2.24, 2.45) is 7.05 Å². The molecule has 1 aromatic carbocycles. The molecule has 2 aliphatic rings. The minimum absolute atomic E-state index is 0.0518. The van der Waals surface area contributed by atoms with E-state index in [2.05, 4.69) is 31.9 Å². The van der Waals surface area contributed by atoms with E-state index < -0.39 is 6.61 Å². The minimum Gasteiger partial charge on any atom is -0.435 e. The van der Waals surface area contributed by atoms with Crippen molar-refractivity contribution >= 4 is 22.8 Å². The van der Waals surface area contributed by atoms with Gasteiger partial charge in [-0.15, -0.1) is 0 Å². The van der Waals surface area contributed by atoms with Gasteiger partial charge in [0.1, 0.15) is 11.6 Å². The summed E-state index contributed by atoms with van der Waals surface area (Å²) in [5.74, 6) is 0.951. The Bertz CT molecular complexity index is 1260. The average molecular weight is 541 g/mol. The molecule has 0 radical (unpaired) electrons. The van der Waals surface area contributed by atoms with Crippen molar-refractivity contribution in [3.63, 3.8) is 0 Å². The number of nitrogens with zero attached hydrogens (tertiary/aromatic N) is 5. The summed E-state index contributed by atoms with van der Waals surface area (Å²) in [5.41, 5.74) is 2.18. The van der Waals surface area contributed by atoms with E-state index in [1.807, 2.05) is 31.3 Å². The largest absolute Gasteiger partial charge is 0.435 e. The first-order valence-electron chi connectivity index (χ1n) is 14.0. The molecule has 10 heteroatoms. The summed E-state index contributed by atoms with van der Waals surface area (Å²) >= 11 is 0. The molecule has 1 N–H and O–H groups in total. The van der Waals surface area contributed by atoms with Crippen LogP contribution in [0.15, 0.2) is 36.4 Å². The number of rotatable bonds is 7. The van der Waals surface area contributed by atoms with Gasteiger partial charge in [0.05, 0.1) is 5.39 Å². The summed E-state index contributed by atoms with van der Waals surface area (Å²) < 4.78 is 30.9. The molecule has 2 aromatic heterocycles. The summed E-state index contributed by atoms with van der Waals surface area (Å²) in [4.78, 5) is 22.9. The maximum atomic E-state index is 13.3. The Hall–Kier alpha value is -3.27. The monoisotopic (exact) mass is 540 g/mol. The molecule has 4 heterocycles. The number of ether oxygens (including phenoxy) is 1. The van der Waals surface area contributed by atoms with Crippen LogP contribution in [0.5, 0.6) is 5.75 Å².